The molecular formula is C29H41B2O4P. The first-order valence-electron chi connectivity index (χ1n) is 13.6. The lowest BCUT2D eigenvalue weighted by molar-refractivity contribution is -0.00876. The lowest BCUT2D eigenvalue weighted by Gasteiger charge is -2.36. The predicted octanol–water partition coefficient (Wildman–Crippen LogP) is 5.85. The lowest BCUT2D eigenvalue weighted by atomic mass is 9.49. The van der Waals surface area contributed by atoms with Crippen molar-refractivity contribution in [1.29, 1.82) is 0 Å². The van der Waals surface area contributed by atoms with Crippen LogP contribution in [-0.4, -0.2) is 42.1 Å². The van der Waals surface area contributed by atoms with E-state index in [4.69, 9.17) is 18.6 Å². The van der Waals surface area contributed by atoms with Crippen LogP contribution in [0.4, 0.5) is 0 Å². The van der Waals surface area contributed by atoms with Crippen molar-refractivity contribution in [3.05, 3.63) is 60.2 Å². The zero-order chi connectivity index (χ0) is 25.8. The maximum atomic E-state index is 6.60. The molecule has 2 aromatic carbocycles. The Morgan fingerprint density at radius 2 is 1.17 bits per heavy atom. The van der Waals surface area contributed by atoms with Gasteiger partial charge in [0.05, 0.1) is 22.4 Å². The maximum Gasteiger partial charge on any atom is 0.489 e. The topological polar surface area (TPSA) is 36.9 Å². The van der Waals surface area contributed by atoms with Gasteiger partial charge in [0.1, 0.15) is 0 Å². The average Bonchev–Trinajstić information content (AvgIpc) is 3.47. The number of rotatable bonds is 6. The Morgan fingerprint density at radius 3 is 1.75 bits per heavy atom. The summed E-state index contributed by atoms with van der Waals surface area (Å²) in [4.78, 5) is 0. The average molecular weight is 506 g/mol. The van der Waals surface area contributed by atoms with E-state index in [-0.39, 0.29) is 7.92 Å². The molecule has 5 rings (SSSR count). The molecule has 7 heteroatoms. The van der Waals surface area contributed by atoms with Crippen LogP contribution in [0.25, 0.3) is 0 Å². The predicted molar refractivity (Wildman–Crippen MR) is 152 cm³/mol. The van der Waals surface area contributed by atoms with Gasteiger partial charge in [-0.15, -0.1) is 0 Å². The fourth-order valence-electron chi connectivity index (χ4n) is 5.69. The molecule has 0 spiro atoms. The van der Waals surface area contributed by atoms with Crippen LogP contribution in [-0.2, 0) is 25.0 Å². The van der Waals surface area contributed by atoms with E-state index in [0.717, 1.165) is 12.1 Å². The number of hydrogen-bond donors (Lipinski definition) is 0. The summed E-state index contributed by atoms with van der Waals surface area (Å²) < 4.78 is 25.5. The third-order valence-corrected chi connectivity index (χ3v) is 12.0. The van der Waals surface area contributed by atoms with Crippen molar-refractivity contribution in [3.8, 4) is 0 Å². The minimum atomic E-state index is -0.557. The lowest BCUT2D eigenvalue weighted by Crippen LogP contribution is -2.46. The fraction of sp³-hybridized carbons (Fsp3) is 0.586. The number of hydrogen-bond acceptors (Lipinski definition) is 4. The van der Waals surface area contributed by atoms with Crippen molar-refractivity contribution in [3.63, 3.8) is 0 Å². The van der Waals surface area contributed by atoms with Gasteiger partial charge >= 0.3 is 14.0 Å². The molecule has 1 aliphatic carbocycles. The van der Waals surface area contributed by atoms with Crippen LogP contribution in [0, 0.1) is 0 Å². The summed E-state index contributed by atoms with van der Waals surface area (Å²) in [5.74, 6) is 0. The Kier molecular flexibility index (Phi) is 7.01. The van der Waals surface area contributed by atoms with E-state index in [9.17, 15) is 0 Å². The highest BCUT2D eigenvalue weighted by molar-refractivity contribution is 7.73. The summed E-state index contributed by atoms with van der Waals surface area (Å²) in [6.07, 6.45) is 6.19. The van der Waals surface area contributed by atoms with E-state index in [1.54, 1.807) is 0 Å². The molecule has 36 heavy (non-hydrogen) atoms. The Morgan fingerprint density at radius 1 is 0.667 bits per heavy atom. The molecule has 2 atom stereocenters. The quantitative estimate of drug-likeness (QED) is 0.364. The van der Waals surface area contributed by atoms with Gasteiger partial charge in [0.2, 0.25) is 0 Å². The highest BCUT2D eigenvalue weighted by Crippen LogP contribution is 2.48. The molecule has 0 bridgehead atoms. The Balaban J connectivity index is 1.33. The van der Waals surface area contributed by atoms with Crippen LogP contribution in [0.5, 0.6) is 0 Å². The second-order valence-corrected chi connectivity index (χ2v) is 15.0. The molecule has 2 heterocycles. The molecule has 2 saturated heterocycles. The Hall–Kier alpha value is -1.16. The molecule has 0 amide bonds. The second-order valence-electron chi connectivity index (χ2n) is 12.5. The minimum absolute atomic E-state index is 0.332. The molecule has 0 N–H and O–H groups in total. The fourth-order valence-corrected chi connectivity index (χ4v) is 8.68. The third kappa shape index (κ3) is 4.85. The molecule has 2 aliphatic heterocycles. The normalized spacial score (nSPS) is 28.1. The van der Waals surface area contributed by atoms with Gasteiger partial charge in [0.25, 0.3) is 0 Å². The van der Waals surface area contributed by atoms with Crippen LogP contribution in [0.1, 0.15) is 79.7 Å². The monoisotopic (exact) mass is 506 g/mol. The first-order valence-corrected chi connectivity index (χ1v) is 15.0. The van der Waals surface area contributed by atoms with Crippen molar-refractivity contribution in [2.24, 2.45) is 0 Å². The highest BCUT2D eigenvalue weighted by Gasteiger charge is 2.64. The van der Waals surface area contributed by atoms with Gasteiger partial charge in [-0.2, -0.15) is 0 Å². The van der Waals surface area contributed by atoms with Gasteiger partial charge in [-0.1, -0.05) is 67.4 Å². The van der Waals surface area contributed by atoms with E-state index in [2.05, 4.69) is 103 Å². The summed E-state index contributed by atoms with van der Waals surface area (Å²) in [5.41, 5.74) is 0.233. The maximum absolute atomic E-state index is 6.60. The first kappa shape index (κ1) is 26.4. The van der Waals surface area contributed by atoms with Crippen LogP contribution in [0.2, 0.25) is 0 Å². The smallest absolute Gasteiger partial charge is 0.405 e. The molecule has 1 saturated carbocycles. The number of benzene rings is 2. The van der Waals surface area contributed by atoms with Gasteiger partial charge in [0, 0.05) is 6.42 Å². The molecular weight excluding hydrogens is 465 g/mol. The first-order chi connectivity index (χ1) is 16.9. The molecule has 4 nitrogen and oxygen atoms in total. The molecule has 2 aromatic rings. The van der Waals surface area contributed by atoms with E-state index in [0.29, 0.717) is 0 Å². The minimum Gasteiger partial charge on any atom is -0.405 e. The summed E-state index contributed by atoms with van der Waals surface area (Å²) in [5, 5.41) is 2.98. The van der Waals surface area contributed by atoms with E-state index >= 15 is 0 Å². The van der Waals surface area contributed by atoms with Crippen molar-refractivity contribution < 1.29 is 18.6 Å². The third-order valence-electron chi connectivity index (χ3n) is 9.03. The van der Waals surface area contributed by atoms with Crippen LogP contribution < -0.4 is 10.6 Å². The standard InChI is InChI=1S/C29H41B2O4P/c1-26(2)27(3,4)33-30(32-26)31-34-28(5,6)29(7,35-31)21-22-17-19-25(20-18-22)36(24-15-11-12-16-24)23-13-9-8-10-14-23/h8-10,13-14,17-20,24H,11-12,15-16,21H2,1-7H3. The molecule has 0 aromatic heterocycles. The molecule has 3 aliphatic rings. The zero-order valence-electron chi connectivity index (χ0n) is 23.0. The van der Waals surface area contributed by atoms with Gasteiger partial charge in [0.15, 0.2) is 0 Å². The molecule has 0 radical (unpaired) electrons. The second kappa shape index (κ2) is 9.54. The summed E-state index contributed by atoms with van der Waals surface area (Å²) in [7, 11) is -1.43. The van der Waals surface area contributed by atoms with Gasteiger partial charge in [-0.05, 0) is 91.1 Å². The summed E-state index contributed by atoms with van der Waals surface area (Å²) in [6.45, 7) is 14.6. The van der Waals surface area contributed by atoms with Crippen molar-refractivity contribution in [2.75, 3.05) is 0 Å². The van der Waals surface area contributed by atoms with Crippen molar-refractivity contribution in [1.82, 2.24) is 0 Å². The van der Waals surface area contributed by atoms with E-state index in [1.807, 2.05) is 0 Å². The highest BCUT2D eigenvalue weighted by atomic mass is 31.1. The molecule has 3 fully saturated rings. The van der Waals surface area contributed by atoms with Gasteiger partial charge in [-0.25, -0.2) is 0 Å². The van der Waals surface area contributed by atoms with Crippen LogP contribution >= 0.6 is 7.92 Å². The summed E-state index contributed by atoms with van der Waals surface area (Å²) in [6, 6.07) is 20.5. The Labute approximate surface area is 219 Å². The van der Waals surface area contributed by atoms with E-state index in [1.165, 1.54) is 41.9 Å². The Bertz CT molecular complexity index is 1040. The van der Waals surface area contributed by atoms with Crippen molar-refractivity contribution >= 4 is 32.5 Å². The molecule has 192 valence electrons. The van der Waals surface area contributed by atoms with Gasteiger partial charge in [-0.3, -0.25) is 0 Å². The SMILES string of the molecule is CC1(C)OB(B2OC(C)(C)C(C)(Cc3ccc(P(c4ccccc4)C4CCCC4)cc3)O2)OC1(C)C. The largest absolute Gasteiger partial charge is 0.489 e. The van der Waals surface area contributed by atoms with Crippen LogP contribution in [0.15, 0.2) is 54.6 Å². The molecule has 2 unspecified atom stereocenters. The summed E-state index contributed by atoms with van der Waals surface area (Å²) >= 11 is 0. The van der Waals surface area contributed by atoms with E-state index < -0.39 is 36.4 Å². The van der Waals surface area contributed by atoms with Gasteiger partial charge < -0.3 is 18.6 Å². The zero-order valence-corrected chi connectivity index (χ0v) is 23.9. The van der Waals surface area contributed by atoms with Crippen LogP contribution in [0.3, 0.4) is 0 Å². The van der Waals surface area contributed by atoms with Crippen molar-refractivity contribution in [2.45, 2.75) is 109 Å².